The monoisotopic (exact) mass is 305 g/mol. The van der Waals surface area contributed by atoms with E-state index >= 15 is 0 Å². The minimum Gasteiger partial charge on any atom is -0.488 e. The van der Waals surface area contributed by atoms with E-state index in [4.69, 9.17) is 19.8 Å². The number of hydrogen-bond acceptors (Lipinski definition) is 4. The van der Waals surface area contributed by atoms with Crippen molar-refractivity contribution in [2.75, 3.05) is 6.54 Å². The number of benzene rings is 1. The Balaban J connectivity index is 2.07. The zero-order chi connectivity index (χ0) is 16.6. The fourth-order valence-corrected chi connectivity index (χ4v) is 2.39. The molecule has 22 heavy (non-hydrogen) atoms. The van der Waals surface area contributed by atoms with E-state index in [2.05, 4.69) is 27.7 Å². The summed E-state index contributed by atoms with van der Waals surface area (Å²) in [5, 5.41) is 0. The summed E-state index contributed by atoms with van der Waals surface area (Å²) in [6.07, 6.45) is 0.811. The Kier molecular flexibility index (Phi) is 4.62. The van der Waals surface area contributed by atoms with Crippen LogP contribution in [0.5, 0.6) is 5.75 Å². The van der Waals surface area contributed by atoms with Crippen LogP contribution in [0.15, 0.2) is 24.3 Å². The van der Waals surface area contributed by atoms with Gasteiger partial charge < -0.3 is 19.8 Å². The van der Waals surface area contributed by atoms with E-state index in [1.54, 1.807) is 0 Å². The first-order valence-electron chi connectivity index (χ1n) is 7.91. The second kappa shape index (κ2) is 5.87. The summed E-state index contributed by atoms with van der Waals surface area (Å²) in [6.45, 7) is 12.9. The van der Waals surface area contributed by atoms with Crippen LogP contribution < -0.4 is 15.9 Å². The molecule has 1 fully saturated rings. The van der Waals surface area contributed by atoms with Crippen molar-refractivity contribution in [3.05, 3.63) is 24.3 Å². The molecule has 1 heterocycles. The van der Waals surface area contributed by atoms with Gasteiger partial charge in [0.1, 0.15) is 11.4 Å². The first-order chi connectivity index (χ1) is 10.1. The van der Waals surface area contributed by atoms with Crippen LogP contribution >= 0.6 is 0 Å². The average Bonchev–Trinajstić information content (AvgIpc) is 2.58. The highest BCUT2D eigenvalue weighted by molar-refractivity contribution is 6.62. The van der Waals surface area contributed by atoms with E-state index in [9.17, 15) is 0 Å². The molecule has 1 aromatic rings. The van der Waals surface area contributed by atoms with E-state index in [1.165, 1.54) is 0 Å². The molecule has 0 radical (unpaired) electrons. The number of nitrogens with two attached hydrogens (primary N) is 1. The van der Waals surface area contributed by atoms with Crippen molar-refractivity contribution in [3.8, 4) is 5.75 Å². The van der Waals surface area contributed by atoms with Gasteiger partial charge in [-0.15, -0.1) is 0 Å². The Labute approximate surface area is 134 Å². The highest BCUT2D eigenvalue weighted by Gasteiger charge is 2.51. The maximum absolute atomic E-state index is 6.05. The lowest BCUT2D eigenvalue weighted by atomic mass is 9.79. The van der Waals surface area contributed by atoms with Gasteiger partial charge in [0, 0.05) is 0 Å². The molecule has 4 nitrogen and oxygen atoms in total. The molecule has 0 aliphatic carbocycles. The van der Waals surface area contributed by atoms with Gasteiger partial charge in [-0.05, 0) is 72.1 Å². The first-order valence-corrected chi connectivity index (χ1v) is 7.91. The smallest absolute Gasteiger partial charge is 0.488 e. The largest absolute Gasteiger partial charge is 0.494 e. The van der Waals surface area contributed by atoms with Gasteiger partial charge in [0.15, 0.2) is 0 Å². The van der Waals surface area contributed by atoms with Gasteiger partial charge in [-0.2, -0.15) is 0 Å². The Hall–Kier alpha value is -1.04. The molecule has 0 bridgehead atoms. The highest BCUT2D eigenvalue weighted by atomic mass is 16.7. The van der Waals surface area contributed by atoms with Crippen LogP contribution in [0, 0.1) is 0 Å². The van der Waals surface area contributed by atoms with E-state index in [-0.39, 0.29) is 23.9 Å². The van der Waals surface area contributed by atoms with Crippen LogP contribution in [0.25, 0.3) is 0 Å². The molecule has 5 heteroatoms. The molecule has 0 unspecified atom stereocenters. The molecule has 0 spiro atoms. The number of rotatable bonds is 5. The van der Waals surface area contributed by atoms with Crippen LogP contribution in [0.1, 0.15) is 48.0 Å². The molecule has 0 aromatic heterocycles. The topological polar surface area (TPSA) is 53.7 Å². The van der Waals surface area contributed by atoms with E-state index in [0.717, 1.165) is 17.6 Å². The third kappa shape index (κ3) is 3.65. The fourth-order valence-electron chi connectivity index (χ4n) is 2.39. The number of hydrogen-bond donors (Lipinski definition) is 1. The fraction of sp³-hybridized carbons (Fsp3) is 0.647. The van der Waals surface area contributed by atoms with Gasteiger partial charge in [0.2, 0.25) is 0 Å². The van der Waals surface area contributed by atoms with Gasteiger partial charge >= 0.3 is 7.12 Å². The van der Waals surface area contributed by atoms with Crippen LogP contribution in [-0.4, -0.2) is 30.5 Å². The van der Waals surface area contributed by atoms with Gasteiger partial charge in [-0.25, -0.2) is 0 Å². The van der Waals surface area contributed by atoms with Crippen LogP contribution in [-0.2, 0) is 9.31 Å². The summed E-state index contributed by atoms with van der Waals surface area (Å²) >= 11 is 0. The summed E-state index contributed by atoms with van der Waals surface area (Å²) in [5.41, 5.74) is 5.71. The third-order valence-corrected chi connectivity index (χ3v) is 4.55. The summed E-state index contributed by atoms with van der Waals surface area (Å²) in [6, 6.07) is 7.91. The predicted molar refractivity (Wildman–Crippen MR) is 90.5 cm³/mol. The Morgan fingerprint density at radius 1 is 1.05 bits per heavy atom. The lowest BCUT2D eigenvalue weighted by Crippen LogP contribution is -2.41. The van der Waals surface area contributed by atoms with Gasteiger partial charge in [-0.1, -0.05) is 12.1 Å². The second-order valence-electron chi connectivity index (χ2n) is 7.56. The van der Waals surface area contributed by atoms with Crippen molar-refractivity contribution in [2.45, 2.75) is 64.8 Å². The Morgan fingerprint density at radius 2 is 1.55 bits per heavy atom. The van der Waals surface area contributed by atoms with Crippen molar-refractivity contribution < 1.29 is 14.0 Å². The lowest BCUT2D eigenvalue weighted by molar-refractivity contribution is 0.00578. The minimum absolute atomic E-state index is 0.263. The van der Waals surface area contributed by atoms with E-state index in [1.807, 2.05) is 38.1 Å². The molecule has 2 N–H and O–H groups in total. The predicted octanol–water partition coefficient (Wildman–Crippen LogP) is 2.49. The zero-order valence-electron chi connectivity index (χ0n) is 14.6. The maximum atomic E-state index is 6.05. The van der Waals surface area contributed by atoms with Gasteiger partial charge in [-0.3, -0.25) is 0 Å². The van der Waals surface area contributed by atoms with Gasteiger partial charge in [0.25, 0.3) is 0 Å². The third-order valence-electron chi connectivity index (χ3n) is 4.55. The zero-order valence-corrected chi connectivity index (χ0v) is 14.6. The van der Waals surface area contributed by atoms with Crippen LogP contribution in [0.2, 0.25) is 0 Å². The molecule has 1 aliphatic rings. The summed E-state index contributed by atoms with van der Waals surface area (Å²) in [7, 11) is -0.337. The normalized spacial score (nSPS) is 20.2. The second-order valence-corrected chi connectivity index (χ2v) is 7.56. The Morgan fingerprint density at radius 3 is 2.00 bits per heavy atom. The Bertz CT molecular complexity index is 495. The van der Waals surface area contributed by atoms with E-state index in [0.29, 0.717) is 6.54 Å². The van der Waals surface area contributed by atoms with Crippen molar-refractivity contribution in [2.24, 2.45) is 5.73 Å². The summed E-state index contributed by atoms with van der Waals surface area (Å²) < 4.78 is 18.1. The van der Waals surface area contributed by atoms with Crippen molar-refractivity contribution in [1.29, 1.82) is 0 Å². The summed E-state index contributed by atoms with van der Waals surface area (Å²) in [4.78, 5) is 0. The number of ether oxygens (including phenoxy) is 1. The molecule has 2 rings (SSSR count). The minimum atomic E-state index is -0.337. The first kappa shape index (κ1) is 17.3. The van der Waals surface area contributed by atoms with Crippen molar-refractivity contribution >= 4 is 12.6 Å². The SMILES string of the molecule is CC(C)(CCN)Oc1ccc(B2OC(C)(C)C(C)(C)O2)cc1. The van der Waals surface area contributed by atoms with Crippen molar-refractivity contribution in [1.82, 2.24) is 0 Å². The molecule has 0 saturated carbocycles. The molecule has 122 valence electrons. The molecule has 0 atom stereocenters. The van der Waals surface area contributed by atoms with Crippen molar-refractivity contribution in [3.63, 3.8) is 0 Å². The molecule has 1 saturated heterocycles. The van der Waals surface area contributed by atoms with Crippen LogP contribution in [0.3, 0.4) is 0 Å². The maximum Gasteiger partial charge on any atom is 0.494 e. The standard InChI is InChI=1S/C17H28BNO3/c1-15(2,11-12-19)20-14-9-7-13(8-10-14)18-21-16(3,4)17(5,6)22-18/h7-10H,11-12,19H2,1-6H3. The summed E-state index contributed by atoms with van der Waals surface area (Å²) in [5.74, 6) is 0.832. The molecule has 0 amide bonds. The van der Waals surface area contributed by atoms with Gasteiger partial charge in [0.05, 0.1) is 11.2 Å². The molecule has 1 aromatic carbocycles. The lowest BCUT2D eigenvalue weighted by Gasteiger charge is -2.32. The van der Waals surface area contributed by atoms with E-state index < -0.39 is 0 Å². The molecular weight excluding hydrogens is 277 g/mol. The highest BCUT2D eigenvalue weighted by Crippen LogP contribution is 2.36. The quantitative estimate of drug-likeness (QED) is 0.849. The molecule has 1 aliphatic heterocycles. The molecular formula is C17H28BNO3. The van der Waals surface area contributed by atoms with Crippen LogP contribution in [0.4, 0.5) is 0 Å². The average molecular weight is 305 g/mol.